The molecule has 0 radical (unpaired) electrons. The standard InChI is InChI=1S/C15H20FN3O4S/c1-24(22,23)19-7-11-4-5-18(8-15(11,9-19)10-20)14(21)13-3-2-12(16)6-17-13/h2-3,6,11,20H,4-5,7-10H2,1H3. The Morgan fingerprint density at radius 2 is 2.21 bits per heavy atom. The smallest absolute Gasteiger partial charge is 0.272 e. The SMILES string of the molecule is CS(=O)(=O)N1CC2CCN(C(=O)c3ccc(F)cn3)CC2(CO)C1. The number of aliphatic hydroxyl groups is 1. The minimum Gasteiger partial charge on any atom is -0.396 e. The Bertz CT molecular complexity index is 740. The Kier molecular flexibility index (Phi) is 4.35. The molecule has 1 aromatic heterocycles. The summed E-state index contributed by atoms with van der Waals surface area (Å²) in [6, 6.07) is 2.50. The van der Waals surface area contributed by atoms with E-state index in [1.807, 2.05) is 0 Å². The van der Waals surface area contributed by atoms with Crippen LogP contribution < -0.4 is 0 Å². The van der Waals surface area contributed by atoms with Gasteiger partial charge in [-0.05, 0) is 24.5 Å². The lowest BCUT2D eigenvalue weighted by Crippen LogP contribution is -2.52. The quantitative estimate of drug-likeness (QED) is 0.818. The largest absolute Gasteiger partial charge is 0.396 e. The van der Waals surface area contributed by atoms with Crippen LogP contribution in [0.4, 0.5) is 4.39 Å². The van der Waals surface area contributed by atoms with E-state index in [0.29, 0.717) is 19.5 Å². The first-order chi connectivity index (χ1) is 11.2. The van der Waals surface area contributed by atoms with Gasteiger partial charge in [-0.25, -0.2) is 22.1 Å². The molecule has 0 bridgehead atoms. The maximum Gasteiger partial charge on any atom is 0.272 e. The molecule has 9 heteroatoms. The first kappa shape index (κ1) is 17.2. The lowest BCUT2D eigenvalue weighted by molar-refractivity contribution is 0.0126. The topological polar surface area (TPSA) is 90.8 Å². The average Bonchev–Trinajstić information content (AvgIpc) is 2.94. The second-order valence-electron chi connectivity index (χ2n) is 6.65. The number of aliphatic hydroxyl groups excluding tert-OH is 1. The van der Waals surface area contributed by atoms with Crippen LogP contribution in [0.1, 0.15) is 16.9 Å². The van der Waals surface area contributed by atoms with Gasteiger partial charge in [0.1, 0.15) is 11.5 Å². The van der Waals surface area contributed by atoms with Gasteiger partial charge >= 0.3 is 0 Å². The third-order valence-electron chi connectivity index (χ3n) is 5.05. The second-order valence-corrected chi connectivity index (χ2v) is 8.63. The zero-order valence-corrected chi connectivity index (χ0v) is 14.2. The fourth-order valence-electron chi connectivity index (χ4n) is 3.65. The van der Waals surface area contributed by atoms with E-state index in [4.69, 9.17) is 0 Å². The van der Waals surface area contributed by atoms with Crippen molar-refractivity contribution < 1.29 is 22.7 Å². The molecule has 2 aliphatic heterocycles. The summed E-state index contributed by atoms with van der Waals surface area (Å²) in [5.74, 6) is -0.835. The van der Waals surface area contributed by atoms with Crippen molar-refractivity contribution in [1.82, 2.24) is 14.2 Å². The maximum atomic E-state index is 13.0. The fourth-order valence-corrected chi connectivity index (χ4v) is 4.59. The van der Waals surface area contributed by atoms with Crippen LogP contribution in [-0.2, 0) is 10.0 Å². The molecule has 2 fully saturated rings. The number of hydrogen-bond donors (Lipinski definition) is 1. The Labute approximate surface area is 140 Å². The minimum atomic E-state index is -3.34. The van der Waals surface area contributed by atoms with Gasteiger partial charge in [0.2, 0.25) is 10.0 Å². The highest BCUT2D eigenvalue weighted by Crippen LogP contribution is 2.42. The van der Waals surface area contributed by atoms with Gasteiger partial charge in [-0.3, -0.25) is 4.79 Å². The number of likely N-dealkylation sites (tertiary alicyclic amines) is 1. The van der Waals surface area contributed by atoms with E-state index in [2.05, 4.69) is 4.98 Å². The predicted molar refractivity (Wildman–Crippen MR) is 84.1 cm³/mol. The summed E-state index contributed by atoms with van der Waals surface area (Å²) in [6.07, 6.45) is 2.75. The summed E-state index contributed by atoms with van der Waals surface area (Å²) in [7, 11) is -3.34. The zero-order chi connectivity index (χ0) is 17.5. The Morgan fingerprint density at radius 3 is 2.79 bits per heavy atom. The van der Waals surface area contributed by atoms with E-state index in [9.17, 15) is 22.7 Å². The summed E-state index contributed by atoms with van der Waals surface area (Å²) in [6.45, 7) is 1.11. The Morgan fingerprint density at radius 1 is 1.46 bits per heavy atom. The van der Waals surface area contributed by atoms with E-state index in [1.165, 1.54) is 16.4 Å². The zero-order valence-electron chi connectivity index (χ0n) is 13.4. The van der Waals surface area contributed by atoms with Crippen LogP contribution in [0.3, 0.4) is 0 Å². The van der Waals surface area contributed by atoms with E-state index >= 15 is 0 Å². The first-order valence-electron chi connectivity index (χ1n) is 7.72. The molecule has 1 aromatic rings. The number of nitrogens with zero attached hydrogens (tertiary/aromatic N) is 3. The number of hydrogen-bond acceptors (Lipinski definition) is 5. The second kappa shape index (κ2) is 6.05. The number of pyridine rings is 1. The first-order valence-corrected chi connectivity index (χ1v) is 9.57. The Hall–Kier alpha value is -1.58. The van der Waals surface area contributed by atoms with Crippen molar-refractivity contribution in [2.45, 2.75) is 6.42 Å². The molecule has 7 nitrogen and oxygen atoms in total. The molecule has 2 atom stereocenters. The van der Waals surface area contributed by atoms with Crippen LogP contribution in [0.25, 0.3) is 0 Å². The van der Waals surface area contributed by atoms with Gasteiger partial charge in [-0.1, -0.05) is 0 Å². The molecule has 3 heterocycles. The summed E-state index contributed by atoms with van der Waals surface area (Å²) >= 11 is 0. The van der Waals surface area contributed by atoms with Gasteiger partial charge in [0.05, 0.1) is 19.1 Å². The van der Waals surface area contributed by atoms with Gasteiger partial charge in [-0.15, -0.1) is 0 Å². The van der Waals surface area contributed by atoms with Gasteiger partial charge in [-0.2, -0.15) is 0 Å². The molecular weight excluding hydrogens is 337 g/mol. The molecule has 0 saturated carbocycles. The highest BCUT2D eigenvalue weighted by molar-refractivity contribution is 7.88. The van der Waals surface area contributed by atoms with Crippen molar-refractivity contribution in [2.75, 3.05) is 39.0 Å². The van der Waals surface area contributed by atoms with Gasteiger partial charge < -0.3 is 10.0 Å². The van der Waals surface area contributed by atoms with Crippen LogP contribution in [-0.4, -0.2) is 72.7 Å². The highest BCUT2D eigenvalue weighted by Gasteiger charge is 2.52. The minimum absolute atomic E-state index is 0.0162. The van der Waals surface area contributed by atoms with Crippen LogP contribution in [0, 0.1) is 17.2 Å². The molecule has 132 valence electrons. The van der Waals surface area contributed by atoms with E-state index in [-0.39, 0.29) is 37.2 Å². The highest BCUT2D eigenvalue weighted by atomic mass is 32.2. The molecule has 1 N–H and O–H groups in total. The number of fused-ring (bicyclic) bond motifs is 1. The maximum absolute atomic E-state index is 13.0. The lowest BCUT2D eigenvalue weighted by Gasteiger charge is -2.43. The molecule has 2 aliphatic rings. The van der Waals surface area contributed by atoms with Crippen LogP contribution in [0.5, 0.6) is 0 Å². The predicted octanol–water partition coefficient (Wildman–Crippen LogP) is -0.0633. The summed E-state index contributed by atoms with van der Waals surface area (Å²) < 4.78 is 38.0. The Balaban J connectivity index is 1.81. The van der Waals surface area contributed by atoms with Crippen molar-refractivity contribution in [3.63, 3.8) is 0 Å². The van der Waals surface area contributed by atoms with Crippen LogP contribution >= 0.6 is 0 Å². The number of carbonyl (C=O) groups is 1. The van der Waals surface area contributed by atoms with Crippen LogP contribution in [0.15, 0.2) is 18.3 Å². The summed E-state index contributed by atoms with van der Waals surface area (Å²) in [4.78, 5) is 17.9. The monoisotopic (exact) mass is 357 g/mol. The molecule has 0 aromatic carbocycles. The number of sulfonamides is 1. The molecule has 2 unspecified atom stereocenters. The fraction of sp³-hybridized carbons (Fsp3) is 0.600. The van der Waals surface area contributed by atoms with E-state index in [0.717, 1.165) is 12.5 Å². The van der Waals surface area contributed by atoms with Crippen molar-refractivity contribution in [2.24, 2.45) is 11.3 Å². The van der Waals surface area contributed by atoms with Crippen molar-refractivity contribution >= 4 is 15.9 Å². The van der Waals surface area contributed by atoms with Crippen LogP contribution in [0.2, 0.25) is 0 Å². The summed E-state index contributed by atoms with van der Waals surface area (Å²) in [5.41, 5.74) is -0.516. The molecule has 0 spiro atoms. The molecule has 2 saturated heterocycles. The number of carbonyl (C=O) groups excluding carboxylic acids is 1. The van der Waals surface area contributed by atoms with Gasteiger partial charge in [0.25, 0.3) is 5.91 Å². The van der Waals surface area contributed by atoms with Gasteiger partial charge in [0.15, 0.2) is 0 Å². The van der Waals surface area contributed by atoms with E-state index in [1.54, 1.807) is 4.90 Å². The molecule has 24 heavy (non-hydrogen) atoms. The lowest BCUT2D eigenvalue weighted by atomic mass is 9.74. The molecule has 1 amide bonds. The number of aromatic nitrogens is 1. The van der Waals surface area contributed by atoms with Crippen molar-refractivity contribution in [3.05, 3.63) is 29.8 Å². The van der Waals surface area contributed by atoms with Crippen molar-refractivity contribution in [1.29, 1.82) is 0 Å². The van der Waals surface area contributed by atoms with Crippen molar-refractivity contribution in [3.8, 4) is 0 Å². The number of rotatable bonds is 3. The van der Waals surface area contributed by atoms with Gasteiger partial charge in [0, 0.05) is 31.6 Å². The third-order valence-corrected chi connectivity index (χ3v) is 6.27. The average molecular weight is 357 g/mol. The summed E-state index contributed by atoms with van der Waals surface area (Å²) in [5, 5.41) is 9.92. The normalized spacial score (nSPS) is 28.0. The number of amides is 1. The van der Waals surface area contributed by atoms with E-state index < -0.39 is 21.3 Å². The third kappa shape index (κ3) is 3.03. The number of piperidine rings is 1. The number of halogens is 1. The molecule has 0 aliphatic carbocycles. The molecule has 3 rings (SSSR count). The molecular formula is C15H20FN3O4S.